The lowest BCUT2D eigenvalue weighted by Crippen LogP contribution is -2.70. The molecule has 0 bridgehead atoms. The van der Waals surface area contributed by atoms with E-state index >= 15 is 0 Å². The Morgan fingerprint density at radius 1 is 0.357 bits per heavy atom. The van der Waals surface area contributed by atoms with E-state index in [-0.39, 0.29) is 0 Å². The van der Waals surface area contributed by atoms with Crippen LogP contribution in [0.2, 0.25) is 0 Å². The average molecular weight is 192 g/mol. The van der Waals surface area contributed by atoms with E-state index in [4.69, 9.17) is 0 Å². The van der Waals surface area contributed by atoms with Crippen molar-refractivity contribution in [1.29, 1.82) is 0 Å². The van der Waals surface area contributed by atoms with Crippen molar-refractivity contribution in [2.45, 2.75) is 34.6 Å². The van der Waals surface area contributed by atoms with Crippen LogP contribution in [-0.2, 0) is 0 Å². The quantitative estimate of drug-likeness (QED) is 0.549. The van der Waals surface area contributed by atoms with Gasteiger partial charge in [-0.05, 0) is 53.3 Å². The van der Waals surface area contributed by atoms with Crippen LogP contribution in [-0.4, -0.2) is 0 Å². The lowest BCUT2D eigenvalue weighted by Gasteiger charge is -2.74. The van der Waals surface area contributed by atoms with Gasteiger partial charge in [0.1, 0.15) is 0 Å². The molecule has 0 aromatic heterocycles. The highest BCUT2D eigenvalue weighted by atomic mass is 14.7. The smallest absolute Gasteiger partial charge is 0.0313 e. The summed E-state index contributed by atoms with van der Waals surface area (Å²) in [6, 6.07) is 0. The van der Waals surface area contributed by atoms with Gasteiger partial charge in [0, 0.05) is 0 Å². The second-order valence-corrected chi connectivity index (χ2v) is 6.60. The van der Waals surface area contributed by atoms with E-state index < -0.39 is 0 Å². The number of rotatable bonds is 0. The van der Waals surface area contributed by atoms with Crippen molar-refractivity contribution in [2.75, 3.05) is 0 Å². The van der Waals surface area contributed by atoms with Crippen molar-refractivity contribution in [3.63, 3.8) is 0 Å². The molecule has 0 N–H and O–H groups in total. The van der Waals surface area contributed by atoms with E-state index in [1.54, 1.807) is 0 Å². The van der Waals surface area contributed by atoms with Crippen LogP contribution >= 0.6 is 0 Å². The topological polar surface area (TPSA) is 0 Å². The molecule has 0 heteroatoms. The molecule has 3 fully saturated rings. The minimum atomic E-state index is 0.965. The third kappa shape index (κ3) is 0.750. The molecule has 0 aromatic rings. The zero-order valence-corrected chi connectivity index (χ0v) is 10.2. The van der Waals surface area contributed by atoms with Gasteiger partial charge in [0.15, 0.2) is 0 Å². The van der Waals surface area contributed by atoms with Crippen LogP contribution in [0.3, 0.4) is 0 Å². The molecule has 0 saturated heterocycles. The highest BCUT2D eigenvalue weighted by Crippen LogP contribution is 2.72. The third-order valence-electron chi connectivity index (χ3n) is 6.63. The molecular formula is C14H24. The Balaban J connectivity index is 1.91. The molecule has 0 radical (unpaired) electrons. The van der Waals surface area contributed by atoms with Gasteiger partial charge in [0.25, 0.3) is 0 Å². The maximum absolute atomic E-state index is 2.51. The first-order valence-electron chi connectivity index (χ1n) is 6.55. The van der Waals surface area contributed by atoms with Crippen molar-refractivity contribution in [3.8, 4) is 0 Å². The molecule has 0 amide bonds. The SMILES string of the molecule is CC1C(C)C2C(C)C3C(C)C(C1C)C23. The van der Waals surface area contributed by atoms with E-state index in [2.05, 4.69) is 34.6 Å². The average Bonchev–Trinajstić information content (AvgIpc) is 2.12. The van der Waals surface area contributed by atoms with Crippen LogP contribution < -0.4 is 0 Å². The zero-order chi connectivity index (χ0) is 10.2. The molecule has 80 valence electrons. The van der Waals surface area contributed by atoms with Crippen LogP contribution in [0, 0.1) is 53.3 Å². The summed E-state index contributed by atoms with van der Waals surface area (Å²) in [6.45, 7) is 12.5. The molecule has 3 aliphatic carbocycles. The number of hydrogen-bond donors (Lipinski definition) is 0. The number of hydrogen-bond acceptors (Lipinski definition) is 0. The standard InChI is InChI=1S/C14H24/c1-6-7(2)11-9(4)13-10(5)12(8(6)3)14(11)13/h6-14H,1-5H3. The van der Waals surface area contributed by atoms with Gasteiger partial charge in [-0.25, -0.2) is 0 Å². The monoisotopic (exact) mass is 192 g/mol. The lowest BCUT2D eigenvalue weighted by atomic mass is 9.31. The summed E-state index contributed by atoms with van der Waals surface area (Å²) in [4.78, 5) is 0. The van der Waals surface area contributed by atoms with Gasteiger partial charge < -0.3 is 0 Å². The fourth-order valence-electron chi connectivity index (χ4n) is 5.71. The fourth-order valence-corrected chi connectivity index (χ4v) is 5.71. The van der Waals surface area contributed by atoms with Gasteiger partial charge in [-0.2, -0.15) is 0 Å². The van der Waals surface area contributed by atoms with Gasteiger partial charge in [-0.1, -0.05) is 34.6 Å². The van der Waals surface area contributed by atoms with Gasteiger partial charge >= 0.3 is 0 Å². The predicted octanol–water partition coefficient (Wildman–Crippen LogP) is 3.67. The Bertz CT molecular complexity index is 233. The normalized spacial score (nSPS) is 70.5. The molecule has 0 spiro atoms. The summed E-state index contributed by atoms with van der Waals surface area (Å²) in [5, 5.41) is 0. The van der Waals surface area contributed by atoms with Crippen molar-refractivity contribution >= 4 is 0 Å². The Kier molecular flexibility index (Phi) is 1.70. The lowest BCUT2D eigenvalue weighted by molar-refractivity contribution is -0.267. The molecule has 0 aliphatic heterocycles. The van der Waals surface area contributed by atoms with E-state index in [0.717, 1.165) is 53.3 Å². The van der Waals surface area contributed by atoms with Crippen LogP contribution in [0.5, 0.6) is 0 Å². The molecule has 0 aromatic carbocycles. The summed E-state index contributed by atoms with van der Waals surface area (Å²) < 4.78 is 0. The molecule has 3 rings (SSSR count). The van der Waals surface area contributed by atoms with Gasteiger partial charge in [0.2, 0.25) is 0 Å². The Morgan fingerprint density at radius 2 is 0.714 bits per heavy atom. The van der Waals surface area contributed by atoms with E-state index in [9.17, 15) is 0 Å². The molecule has 6 atom stereocenters. The molecule has 0 nitrogen and oxygen atoms in total. The summed E-state index contributed by atoms with van der Waals surface area (Å²) in [6.07, 6.45) is 0. The second-order valence-electron chi connectivity index (χ2n) is 6.60. The maximum Gasteiger partial charge on any atom is -0.0313 e. The maximum atomic E-state index is 2.51. The van der Waals surface area contributed by atoms with Crippen LogP contribution in [0.4, 0.5) is 0 Å². The fraction of sp³-hybridized carbons (Fsp3) is 1.00. The van der Waals surface area contributed by atoms with Crippen LogP contribution in [0.25, 0.3) is 0 Å². The van der Waals surface area contributed by atoms with E-state index in [1.165, 1.54) is 0 Å². The summed E-state index contributed by atoms with van der Waals surface area (Å²) in [5.74, 6) is 9.46. The van der Waals surface area contributed by atoms with Crippen molar-refractivity contribution in [2.24, 2.45) is 53.3 Å². The van der Waals surface area contributed by atoms with Gasteiger partial charge in [-0.15, -0.1) is 0 Å². The minimum Gasteiger partial charge on any atom is -0.0620 e. The first-order valence-corrected chi connectivity index (χ1v) is 6.55. The van der Waals surface area contributed by atoms with E-state index in [1.807, 2.05) is 0 Å². The Morgan fingerprint density at radius 3 is 1.14 bits per heavy atom. The van der Waals surface area contributed by atoms with Crippen molar-refractivity contribution < 1.29 is 0 Å². The third-order valence-corrected chi connectivity index (χ3v) is 6.63. The highest BCUT2D eigenvalue weighted by Gasteiger charge is 2.68. The second kappa shape index (κ2) is 2.57. The largest absolute Gasteiger partial charge is 0.0620 e. The van der Waals surface area contributed by atoms with Gasteiger partial charge in [0.05, 0.1) is 0 Å². The molecule has 3 aliphatic rings. The summed E-state index contributed by atoms with van der Waals surface area (Å²) >= 11 is 0. The van der Waals surface area contributed by atoms with Crippen molar-refractivity contribution in [1.82, 2.24) is 0 Å². The highest BCUT2D eigenvalue weighted by molar-refractivity contribution is 5.15. The molecular weight excluding hydrogens is 168 g/mol. The predicted molar refractivity (Wildman–Crippen MR) is 59.8 cm³/mol. The van der Waals surface area contributed by atoms with Crippen LogP contribution in [0.15, 0.2) is 0 Å². The molecule has 14 heavy (non-hydrogen) atoms. The van der Waals surface area contributed by atoms with Crippen molar-refractivity contribution in [3.05, 3.63) is 0 Å². The molecule has 6 unspecified atom stereocenters. The van der Waals surface area contributed by atoms with E-state index in [0.29, 0.717) is 0 Å². The van der Waals surface area contributed by atoms with Gasteiger partial charge in [-0.3, -0.25) is 0 Å². The van der Waals surface area contributed by atoms with Crippen LogP contribution in [0.1, 0.15) is 34.6 Å². The Labute approximate surface area is 88.5 Å². The molecule has 3 saturated carbocycles. The molecule has 0 heterocycles. The first-order chi connectivity index (χ1) is 6.55. The zero-order valence-electron chi connectivity index (χ0n) is 10.2. The minimum absolute atomic E-state index is 0.965. The first kappa shape index (κ1) is 9.24. The summed E-state index contributed by atoms with van der Waals surface area (Å²) in [7, 11) is 0. The summed E-state index contributed by atoms with van der Waals surface area (Å²) in [5.41, 5.74) is 0. The Hall–Kier alpha value is 0.